The molecule has 1 N–H and O–H groups in total. The van der Waals surface area contributed by atoms with E-state index in [-0.39, 0.29) is 0 Å². The van der Waals surface area contributed by atoms with Crippen molar-refractivity contribution in [3.8, 4) is 5.75 Å². The lowest BCUT2D eigenvalue weighted by molar-refractivity contribution is 0.301. The van der Waals surface area contributed by atoms with Gasteiger partial charge in [-0.2, -0.15) is 0 Å². The molecule has 1 aromatic carbocycles. The van der Waals surface area contributed by atoms with Crippen LogP contribution in [0.1, 0.15) is 36.8 Å². The second-order valence-corrected chi connectivity index (χ2v) is 5.28. The van der Waals surface area contributed by atoms with Gasteiger partial charge in [0.2, 0.25) is 0 Å². The minimum atomic E-state index is 0.350. The normalized spacial score (nSPS) is 12.3. The van der Waals surface area contributed by atoms with E-state index in [1.165, 1.54) is 5.56 Å². The van der Waals surface area contributed by atoms with E-state index in [4.69, 9.17) is 4.74 Å². The maximum absolute atomic E-state index is 5.94. The molecule has 19 heavy (non-hydrogen) atoms. The van der Waals surface area contributed by atoms with Crippen LogP contribution in [-0.4, -0.2) is 11.5 Å². The van der Waals surface area contributed by atoms with Gasteiger partial charge in [-0.05, 0) is 19.0 Å². The van der Waals surface area contributed by atoms with Crippen molar-refractivity contribution < 1.29 is 4.74 Å². The molecule has 0 aliphatic carbocycles. The van der Waals surface area contributed by atoms with E-state index in [0.717, 1.165) is 23.6 Å². The third-order valence-corrected chi connectivity index (χ3v) is 3.76. The molecule has 0 aliphatic rings. The molecular formula is C15H20N2OS. The Labute approximate surface area is 118 Å². The van der Waals surface area contributed by atoms with Gasteiger partial charge in [0.25, 0.3) is 0 Å². The van der Waals surface area contributed by atoms with Crippen LogP contribution in [-0.2, 0) is 6.61 Å². The lowest BCUT2D eigenvalue weighted by atomic mass is 10.0. The van der Waals surface area contributed by atoms with Crippen LogP contribution in [0.4, 0.5) is 0 Å². The highest BCUT2D eigenvalue weighted by Gasteiger charge is 2.13. The number of nitrogens with one attached hydrogen (secondary N) is 1. The number of thiazole rings is 1. The molecule has 0 radical (unpaired) electrons. The fourth-order valence-electron chi connectivity index (χ4n) is 2.08. The number of rotatable bonds is 7. The summed E-state index contributed by atoms with van der Waals surface area (Å²) in [4.78, 5) is 5.21. The molecule has 0 aliphatic heterocycles. The second kappa shape index (κ2) is 7.26. The maximum Gasteiger partial charge on any atom is 0.124 e. The van der Waals surface area contributed by atoms with Gasteiger partial charge in [0.15, 0.2) is 0 Å². The van der Waals surface area contributed by atoms with Crippen LogP contribution in [0.5, 0.6) is 5.75 Å². The lowest BCUT2D eigenvalue weighted by Gasteiger charge is -2.19. The molecule has 2 aromatic rings. The van der Waals surface area contributed by atoms with Crippen LogP contribution in [0.15, 0.2) is 36.0 Å². The summed E-state index contributed by atoms with van der Waals surface area (Å²) in [7, 11) is 0. The topological polar surface area (TPSA) is 34.1 Å². The zero-order chi connectivity index (χ0) is 13.5. The monoisotopic (exact) mass is 276 g/mol. The SMILES string of the molecule is CCNC(CC)c1ccccc1OCc1cncs1. The van der Waals surface area contributed by atoms with Crippen molar-refractivity contribution in [3.63, 3.8) is 0 Å². The Hall–Kier alpha value is -1.39. The average Bonchev–Trinajstić information content (AvgIpc) is 2.96. The molecule has 1 atom stereocenters. The van der Waals surface area contributed by atoms with Crippen molar-refractivity contribution in [1.29, 1.82) is 0 Å². The maximum atomic E-state index is 5.94. The number of para-hydroxylation sites is 1. The average molecular weight is 276 g/mol. The van der Waals surface area contributed by atoms with Gasteiger partial charge in [0, 0.05) is 17.8 Å². The van der Waals surface area contributed by atoms with Crippen LogP contribution >= 0.6 is 11.3 Å². The summed E-state index contributed by atoms with van der Waals surface area (Å²) in [6, 6.07) is 8.61. The zero-order valence-corrected chi connectivity index (χ0v) is 12.2. The fourth-order valence-corrected chi connectivity index (χ4v) is 2.59. The summed E-state index contributed by atoms with van der Waals surface area (Å²) >= 11 is 1.62. The third-order valence-electron chi connectivity index (χ3n) is 3.01. The molecule has 0 amide bonds. The highest BCUT2D eigenvalue weighted by molar-refractivity contribution is 7.09. The Morgan fingerprint density at radius 2 is 2.16 bits per heavy atom. The first-order valence-electron chi connectivity index (χ1n) is 6.67. The standard InChI is InChI=1S/C15H20N2OS/c1-3-14(17-4-2)13-7-5-6-8-15(13)18-10-12-9-16-11-19-12/h5-9,11,14,17H,3-4,10H2,1-2H3. The quantitative estimate of drug-likeness (QED) is 0.835. The van der Waals surface area contributed by atoms with Crippen molar-refractivity contribution in [2.24, 2.45) is 0 Å². The number of ether oxygens (including phenoxy) is 1. The molecule has 1 aromatic heterocycles. The largest absolute Gasteiger partial charge is 0.488 e. The van der Waals surface area contributed by atoms with Crippen LogP contribution in [0.25, 0.3) is 0 Å². The zero-order valence-electron chi connectivity index (χ0n) is 11.4. The van der Waals surface area contributed by atoms with Gasteiger partial charge in [-0.3, -0.25) is 4.98 Å². The molecule has 0 saturated heterocycles. The van der Waals surface area contributed by atoms with E-state index in [9.17, 15) is 0 Å². The number of nitrogens with zero attached hydrogens (tertiary/aromatic N) is 1. The lowest BCUT2D eigenvalue weighted by Crippen LogP contribution is -2.20. The van der Waals surface area contributed by atoms with Gasteiger partial charge in [-0.25, -0.2) is 0 Å². The van der Waals surface area contributed by atoms with Gasteiger partial charge < -0.3 is 10.1 Å². The van der Waals surface area contributed by atoms with Gasteiger partial charge in [0.1, 0.15) is 12.4 Å². The molecule has 102 valence electrons. The number of hydrogen-bond acceptors (Lipinski definition) is 4. The van der Waals surface area contributed by atoms with Crippen LogP contribution in [0, 0.1) is 0 Å². The highest BCUT2D eigenvalue weighted by atomic mass is 32.1. The van der Waals surface area contributed by atoms with E-state index < -0.39 is 0 Å². The molecule has 0 fully saturated rings. The Balaban J connectivity index is 2.11. The van der Waals surface area contributed by atoms with Crippen molar-refractivity contribution in [1.82, 2.24) is 10.3 Å². The molecular weight excluding hydrogens is 256 g/mol. The van der Waals surface area contributed by atoms with E-state index in [0.29, 0.717) is 12.6 Å². The Kier molecular flexibility index (Phi) is 5.36. The van der Waals surface area contributed by atoms with Crippen molar-refractivity contribution >= 4 is 11.3 Å². The molecule has 2 rings (SSSR count). The molecule has 1 unspecified atom stereocenters. The summed E-state index contributed by atoms with van der Waals surface area (Å²) in [6.07, 6.45) is 2.91. The third kappa shape index (κ3) is 3.78. The molecule has 4 heteroatoms. The molecule has 1 heterocycles. The number of hydrogen-bond donors (Lipinski definition) is 1. The molecule has 3 nitrogen and oxygen atoms in total. The van der Waals surface area contributed by atoms with E-state index in [1.54, 1.807) is 11.3 Å². The van der Waals surface area contributed by atoms with Crippen LogP contribution in [0.3, 0.4) is 0 Å². The Morgan fingerprint density at radius 1 is 1.32 bits per heavy atom. The fraction of sp³-hybridized carbons (Fsp3) is 0.400. The van der Waals surface area contributed by atoms with Gasteiger partial charge >= 0.3 is 0 Å². The molecule has 0 bridgehead atoms. The van der Waals surface area contributed by atoms with Crippen molar-refractivity contribution in [2.75, 3.05) is 6.54 Å². The minimum absolute atomic E-state index is 0.350. The first-order valence-corrected chi connectivity index (χ1v) is 7.55. The van der Waals surface area contributed by atoms with Crippen LogP contribution in [0.2, 0.25) is 0 Å². The summed E-state index contributed by atoms with van der Waals surface area (Å²) in [5.41, 5.74) is 3.06. The summed E-state index contributed by atoms with van der Waals surface area (Å²) in [5, 5.41) is 3.49. The second-order valence-electron chi connectivity index (χ2n) is 4.31. The smallest absolute Gasteiger partial charge is 0.124 e. The molecule has 0 saturated carbocycles. The molecule has 0 spiro atoms. The predicted octanol–water partition coefficient (Wildman–Crippen LogP) is 3.78. The van der Waals surface area contributed by atoms with Gasteiger partial charge in [0.05, 0.1) is 10.4 Å². The highest BCUT2D eigenvalue weighted by Crippen LogP contribution is 2.28. The summed E-state index contributed by atoms with van der Waals surface area (Å²) in [6.45, 7) is 5.86. The Morgan fingerprint density at radius 3 is 2.84 bits per heavy atom. The summed E-state index contributed by atoms with van der Waals surface area (Å²) < 4.78 is 5.94. The minimum Gasteiger partial charge on any atom is -0.488 e. The van der Waals surface area contributed by atoms with Gasteiger partial charge in [-0.15, -0.1) is 11.3 Å². The van der Waals surface area contributed by atoms with E-state index >= 15 is 0 Å². The summed E-state index contributed by atoms with van der Waals surface area (Å²) in [5.74, 6) is 0.962. The van der Waals surface area contributed by atoms with Crippen LogP contribution < -0.4 is 10.1 Å². The van der Waals surface area contributed by atoms with E-state index in [2.05, 4.69) is 36.3 Å². The predicted molar refractivity (Wildman–Crippen MR) is 79.6 cm³/mol. The number of aromatic nitrogens is 1. The van der Waals surface area contributed by atoms with Gasteiger partial charge in [-0.1, -0.05) is 32.0 Å². The first-order chi connectivity index (χ1) is 9.35. The van der Waals surface area contributed by atoms with Crippen molar-refractivity contribution in [2.45, 2.75) is 32.9 Å². The van der Waals surface area contributed by atoms with Crippen molar-refractivity contribution in [3.05, 3.63) is 46.4 Å². The Bertz CT molecular complexity index is 485. The first kappa shape index (κ1) is 14.0. The van der Waals surface area contributed by atoms with E-state index in [1.807, 2.05) is 23.8 Å². The number of benzene rings is 1.